The molecule has 2 heterocycles. The Balaban J connectivity index is 2.01. The van der Waals surface area contributed by atoms with E-state index in [4.69, 9.17) is 16.3 Å². The molecule has 3 rings (SSSR count). The summed E-state index contributed by atoms with van der Waals surface area (Å²) in [7, 11) is 0. The van der Waals surface area contributed by atoms with Gasteiger partial charge in [-0.05, 0) is 18.6 Å². The van der Waals surface area contributed by atoms with Crippen molar-refractivity contribution in [1.29, 1.82) is 0 Å². The number of hydrogen-bond donors (Lipinski definition) is 1. The Kier molecular flexibility index (Phi) is 3.40. The largest absolute Gasteiger partial charge is 0.449 e. The summed E-state index contributed by atoms with van der Waals surface area (Å²) < 4.78 is 43.6. The van der Waals surface area contributed by atoms with Crippen molar-refractivity contribution < 1.29 is 17.9 Å². The lowest BCUT2D eigenvalue weighted by molar-refractivity contribution is -0.144. The van der Waals surface area contributed by atoms with Crippen molar-refractivity contribution in [3.8, 4) is 11.6 Å². The zero-order valence-corrected chi connectivity index (χ0v) is 11.8. The maximum atomic E-state index is 12.7. The number of aromatic nitrogens is 4. The molecule has 0 bridgehead atoms. The number of H-pyrrole nitrogens is 1. The van der Waals surface area contributed by atoms with E-state index in [0.717, 1.165) is 0 Å². The van der Waals surface area contributed by atoms with Gasteiger partial charge in [-0.15, -0.1) is 0 Å². The van der Waals surface area contributed by atoms with Gasteiger partial charge < -0.3 is 9.72 Å². The third kappa shape index (κ3) is 2.82. The predicted molar refractivity (Wildman–Crippen MR) is 72.9 cm³/mol. The number of rotatable bonds is 2. The Morgan fingerprint density at radius 1 is 1.18 bits per heavy atom. The number of hydrogen-bond acceptors (Lipinski definition) is 4. The summed E-state index contributed by atoms with van der Waals surface area (Å²) in [4.78, 5) is 13.4. The molecule has 0 fully saturated rings. The molecule has 1 N–H and O–H groups in total. The zero-order chi connectivity index (χ0) is 15.9. The number of alkyl halides is 3. The Hall–Kier alpha value is -2.35. The number of aryl methyl sites for hydroxylation is 1. The summed E-state index contributed by atoms with van der Waals surface area (Å²) in [6.45, 7) is 1.64. The van der Waals surface area contributed by atoms with E-state index in [0.29, 0.717) is 11.3 Å². The van der Waals surface area contributed by atoms with Crippen LogP contribution in [-0.2, 0) is 6.18 Å². The molecule has 3 aromatic rings. The average Bonchev–Trinajstić information content (AvgIpc) is 2.83. The molecule has 1 aromatic carbocycles. The molecule has 0 aliphatic heterocycles. The van der Waals surface area contributed by atoms with Crippen LogP contribution in [0.2, 0.25) is 5.15 Å². The maximum Gasteiger partial charge on any atom is 0.449 e. The van der Waals surface area contributed by atoms with E-state index in [9.17, 15) is 13.2 Å². The lowest BCUT2D eigenvalue weighted by Crippen LogP contribution is -2.06. The van der Waals surface area contributed by atoms with Gasteiger partial charge in [0.2, 0.25) is 11.7 Å². The lowest BCUT2D eigenvalue weighted by Gasteiger charge is -2.05. The van der Waals surface area contributed by atoms with Gasteiger partial charge in [0, 0.05) is 12.1 Å². The van der Waals surface area contributed by atoms with Gasteiger partial charge in [0.1, 0.15) is 17.2 Å². The van der Waals surface area contributed by atoms with Crippen LogP contribution in [0.3, 0.4) is 0 Å². The zero-order valence-electron chi connectivity index (χ0n) is 11.1. The second kappa shape index (κ2) is 5.13. The highest BCUT2D eigenvalue weighted by Gasteiger charge is 2.35. The van der Waals surface area contributed by atoms with E-state index in [1.165, 1.54) is 18.5 Å². The minimum Gasteiger partial charge on any atom is -0.439 e. The quantitative estimate of drug-likeness (QED) is 0.718. The van der Waals surface area contributed by atoms with Gasteiger partial charge in [0.15, 0.2) is 0 Å². The Bertz CT molecular complexity index is 847. The van der Waals surface area contributed by atoms with E-state index in [2.05, 4.69) is 19.9 Å². The fourth-order valence-electron chi connectivity index (χ4n) is 1.94. The van der Waals surface area contributed by atoms with Crippen molar-refractivity contribution in [2.75, 3.05) is 0 Å². The summed E-state index contributed by atoms with van der Waals surface area (Å²) in [6.07, 6.45) is -3.31. The number of benzene rings is 1. The van der Waals surface area contributed by atoms with Crippen LogP contribution in [-0.4, -0.2) is 19.9 Å². The molecule has 0 unspecified atom stereocenters. The second-order valence-electron chi connectivity index (χ2n) is 4.50. The van der Waals surface area contributed by atoms with E-state index < -0.39 is 12.0 Å². The van der Waals surface area contributed by atoms with E-state index in [1.807, 2.05) is 0 Å². The number of ether oxygens (including phenoxy) is 1. The first-order chi connectivity index (χ1) is 10.3. The SMILES string of the molecule is Cc1cc(Oc2cc(Cl)ncn2)cc2[nH]c(C(F)(F)F)nc12. The number of imidazole rings is 1. The predicted octanol–water partition coefficient (Wildman–Crippen LogP) is 4.13. The first kappa shape index (κ1) is 14.6. The smallest absolute Gasteiger partial charge is 0.439 e. The number of aromatic amines is 1. The van der Waals surface area contributed by atoms with Gasteiger partial charge in [-0.3, -0.25) is 0 Å². The van der Waals surface area contributed by atoms with E-state index in [-0.39, 0.29) is 22.1 Å². The van der Waals surface area contributed by atoms with Crippen LogP contribution in [0.1, 0.15) is 11.4 Å². The Labute approximate surface area is 127 Å². The fraction of sp³-hybridized carbons (Fsp3) is 0.154. The maximum absolute atomic E-state index is 12.7. The monoisotopic (exact) mass is 328 g/mol. The summed E-state index contributed by atoms with van der Waals surface area (Å²) in [5, 5.41) is 0.198. The molecule has 0 aliphatic rings. The molecule has 0 amide bonds. The van der Waals surface area contributed by atoms with Crippen molar-refractivity contribution in [2.45, 2.75) is 13.1 Å². The molecule has 0 saturated heterocycles. The van der Waals surface area contributed by atoms with Gasteiger partial charge in [-0.1, -0.05) is 11.6 Å². The molecule has 0 spiro atoms. The minimum atomic E-state index is -4.54. The topological polar surface area (TPSA) is 63.7 Å². The van der Waals surface area contributed by atoms with Gasteiger partial charge >= 0.3 is 6.18 Å². The summed E-state index contributed by atoms with van der Waals surface area (Å²) >= 11 is 5.72. The Morgan fingerprint density at radius 2 is 1.95 bits per heavy atom. The molecule has 9 heteroatoms. The van der Waals surface area contributed by atoms with Crippen LogP contribution in [0.25, 0.3) is 11.0 Å². The lowest BCUT2D eigenvalue weighted by atomic mass is 10.2. The molecule has 0 aliphatic carbocycles. The third-order valence-electron chi connectivity index (χ3n) is 2.85. The van der Waals surface area contributed by atoms with Crippen molar-refractivity contribution in [1.82, 2.24) is 19.9 Å². The highest BCUT2D eigenvalue weighted by molar-refractivity contribution is 6.29. The third-order valence-corrected chi connectivity index (χ3v) is 3.06. The fourth-order valence-corrected chi connectivity index (χ4v) is 2.08. The van der Waals surface area contributed by atoms with Crippen molar-refractivity contribution in [3.63, 3.8) is 0 Å². The van der Waals surface area contributed by atoms with Gasteiger partial charge in [0.05, 0.1) is 11.0 Å². The molecule has 0 atom stereocenters. The standard InChI is InChI=1S/C13H8ClF3N4O/c1-6-2-7(22-10-4-9(14)18-5-19-10)3-8-11(6)21-12(20-8)13(15,16)17/h2-5H,1H3,(H,20,21). The van der Waals surface area contributed by atoms with Crippen molar-refractivity contribution in [3.05, 3.63) is 41.1 Å². The molecule has 22 heavy (non-hydrogen) atoms. The van der Waals surface area contributed by atoms with Crippen LogP contribution in [0, 0.1) is 6.92 Å². The number of nitrogens with zero attached hydrogens (tertiary/aromatic N) is 3. The highest BCUT2D eigenvalue weighted by Crippen LogP contribution is 2.32. The molecular formula is C13H8ClF3N4O. The molecule has 114 valence electrons. The summed E-state index contributed by atoms with van der Waals surface area (Å²) in [5.74, 6) is -0.542. The molecule has 5 nitrogen and oxygen atoms in total. The molecule has 0 radical (unpaired) electrons. The molecule has 0 saturated carbocycles. The first-order valence-corrected chi connectivity index (χ1v) is 6.44. The number of nitrogens with one attached hydrogen (secondary N) is 1. The van der Waals surface area contributed by atoms with Crippen LogP contribution < -0.4 is 4.74 Å². The average molecular weight is 329 g/mol. The van der Waals surface area contributed by atoms with Gasteiger partial charge in [-0.2, -0.15) is 13.2 Å². The number of halogens is 4. The summed E-state index contributed by atoms with van der Waals surface area (Å²) in [5.41, 5.74) is 1.00. The van der Waals surface area contributed by atoms with E-state index in [1.54, 1.807) is 13.0 Å². The van der Waals surface area contributed by atoms with Gasteiger partial charge in [-0.25, -0.2) is 15.0 Å². The van der Waals surface area contributed by atoms with Crippen molar-refractivity contribution in [2.24, 2.45) is 0 Å². The second-order valence-corrected chi connectivity index (χ2v) is 4.89. The van der Waals surface area contributed by atoms with Crippen LogP contribution in [0.5, 0.6) is 11.6 Å². The normalized spacial score (nSPS) is 11.9. The van der Waals surface area contributed by atoms with Crippen molar-refractivity contribution >= 4 is 22.6 Å². The van der Waals surface area contributed by atoms with Gasteiger partial charge in [0.25, 0.3) is 0 Å². The molecule has 2 aromatic heterocycles. The minimum absolute atomic E-state index is 0.189. The first-order valence-electron chi connectivity index (χ1n) is 6.06. The number of fused-ring (bicyclic) bond motifs is 1. The van der Waals surface area contributed by atoms with E-state index >= 15 is 0 Å². The van der Waals surface area contributed by atoms with Crippen LogP contribution in [0.4, 0.5) is 13.2 Å². The molecular weight excluding hydrogens is 321 g/mol. The van der Waals surface area contributed by atoms with Crippen LogP contribution >= 0.6 is 11.6 Å². The summed E-state index contributed by atoms with van der Waals surface area (Å²) in [6, 6.07) is 4.38. The van der Waals surface area contributed by atoms with Crippen LogP contribution in [0.15, 0.2) is 24.5 Å². The Morgan fingerprint density at radius 3 is 2.64 bits per heavy atom. The highest BCUT2D eigenvalue weighted by atomic mass is 35.5.